The zero-order valence-corrected chi connectivity index (χ0v) is 16.2. The Morgan fingerprint density at radius 1 is 0.783 bits per heavy atom. The number of carbonyl (C=O) groups excluding carboxylic acids is 1. The number of carbonyl (C=O) groups is 1. The molecule has 0 aromatic heterocycles. The fourth-order valence-corrected chi connectivity index (χ4v) is 3.00. The van der Waals surface area contributed by atoms with Crippen molar-refractivity contribution in [3.63, 3.8) is 0 Å². The second kappa shape index (κ2) is 16.3. The number of unbranched alkanes of at least 4 members (excludes halogenated alkanes) is 11. The number of esters is 1. The lowest BCUT2D eigenvalue weighted by atomic mass is 10.0. The summed E-state index contributed by atoms with van der Waals surface area (Å²) in [6.07, 6.45) is 17.1. The summed E-state index contributed by atoms with van der Waals surface area (Å²) in [7, 11) is 3.92. The van der Waals surface area contributed by atoms with E-state index in [2.05, 4.69) is 6.92 Å². The summed E-state index contributed by atoms with van der Waals surface area (Å²) in [6.45, 7) is 4.61. The van der Waals surface area contributed by atoms with Crippen LogP contribution in [0, 0.1) is 0 Å². The average Bonchev–Trinajstić information content (AvgIpc) is 2.51. The first-order valence-electron chi connectivity index (χ1n) is 9.96. The molecule has 1 unspecified atom stereocenters. The van der Waals surface area contributed by atoms with Crippen LogP contribution < -0.4 is 0 Å². The molecule has 0 aliphatic rings. The van der Waals surface area contributed by atoms with Crippen LogP contribution in [0.15, 0.2) is 0 Å². The first kappa shape index (κ1) is 22.4. The van der Waals surface area contributed by atoms with Gasteiger partial charge in [0.2, 0.25) is 0 Å². The molecule has 0 aliphatic carbocycles. The first-order valence-corrected chi connectivity index (χ1v) is 9.96. The van der Waals surface area contributed by atoms with Gasteiger partial charge in [0, 0.05) is 0 Å². The summed E-state index contributed by atoms with van der Waals surface area (Å²) in [5, 5.41) is 0. The second-order valence-electron chi connectivity index (χ2n) is 6.91. The fourth-order valence-electron chi connectivity index (χ4n) is 3.00. The molecule has 1 atom stereocenters. The highest BCUT2D eigenvalue weighted by Gasteiger charge is 2.21. The van der Waals surface area contributed by atoms with Crippen molar-refractivity contribution in [1.29, 1.82) is 0 Å². The first-order chi connectivity index (χ1) is 11.1. The lowest BCUT2D eigenvalue weighted by Crippen LogP contribution is -2.37. The fraction of sp³-hybridized carbons (Fsp3) is 0.950. The van der Waals surface area contributed by atoms with E-state index in [1.165, 1.54) is 70.6 Å². The van der Waals surface area contributed by atoms with Crippen LogP contribution in [-0.4, -0.2) is 37.6 Å². The molecular formula is C20H41NO2. The minimum atomic E-state index is -0.0712. The molecule has 3 nitrogen and oxygen atoms in total. The molecule has 138 valence electrons. The van der Waals surface area contributed by atoms with E-state index in [9.17, 15) is 4.79 Å². The monoisotopic (exact) mass is 327 g/mol. The number of rotatable bonds is 16. The van der Waals surface area contributed by atoms with Crippen molar-refractivity contribution < 1.29 is 9.53 Å². The summed E-state index contributed by atoms with van der Waals surface area (Å²) >= 11 is 0. The van der Waals surface area contributed by atoms with Gasteiger partial charge in [-0.1, -0.05) is 84.0 Å². The van der Waals surface area contributed by atoms with Crippen LogP contribution in [0.4, 0.5) is 0 Å². The Labute approximate surface area is 145 Å². The van der Waals surface area contributed by atoms with Crippen LogP contribution in [0.3, 0.4) is 0 Å². The standard InChI is InChI=1S/C20H41NO2/c1-5-7-8-9-10-11-12-13-14-15-16-17-18-19(21(3)4)20(22)23-6-2/h19H,5-18H2,1-4H3. The lowest BCUT2D eigenvalue weighted by molar-refractivity contribution is -0.148. The van der Waals surface area contributed by atoms with E-state index in [1.807, 2.05) is 25.9 Å². The van der Waals surface area contributed by atoms with Crippen molar-refractivity contribution in [2.45, 2.75) is 103 Å². The van der Waals surface area contributed by atoms with Crippen molar-refractivity contribution in [1.82, 2.24) is 4.90 Å². The van der Waals surface area contributed by atoms with Gasteiger partial charge in [0.1, 0.15) is 6.04 Å². The molecule has 0 saturated carbocycles. The van der Waals surface area contributed by atoms with Crippen molar-refractivity contribution in [2.24, 2.45) is 0 Å². The van der Waals surface area contributed by atoms with Crippen molar-refractivity contribution in [3.8, 4) is 0 Å². The number of likely N-dealkylation sites (N-methyl/N-ethyl adjacent to an activating group) is 1. The zero-order chi connectivity index (χ0) is 17.3. The maximum absolute atomic E-state index is 11.9. The van der Waals surface area contributed by atoms with Crippen LogP contribution in [0.1, 0.15) is 97.3 Å². The van der Waals surface area contributed by atoms with Gasteiger partial charge in [0.15, 0.2) is 0 Å². The highest BCUT2D eigenvalue weighted by molar-refractivity contribution is 5.75. The van der Waals surface area contributed by atoms with Crippen molar-refractivity contribution in [3.05, 3.63) is 0 Å². The highest BCUT2D eigenvalue weighted by Crippen LogP contribution is 2.14. The number of hydrogen-bond acceptors (Lipinski definition) is 3. The minimum Gasteiger partial charge on any atom is -0.465 e. The van der Waals surface area contributed by atoms with Crippen LogP contribution in [0.25, 0.3) is 0 Å². The van der Waals surface area contributed by atoms with Crippen LogP contribution in [0.2, 0.25) is 0 Å². The van der Waals surface area contributed by atoms with Gasteiger partial charge >= 0.3 is 5.97 Å². The predicted octanol–water partition coefficient (Wildman–Crippen LogP) is 5.57. The van der Waals surface area contributed by atoms with E-state index in [4.69, 9.17) is 4.74 Å². The van der Waals surface area contributed by atoms with E-state index in [0.29, 0.717) is 6.61 Å². The quantitative estimate of drug-likeness (QED) is 0.274. The molecule has 23 heavy (non-hydrogen) atoms. The largest absolute Gasteiger partial charge is 0.465 e. The van der Waals surface area contributed by atoms with Gasteiger partial charge in [0.05, 0.1) is 6.61 Å². The van der Waals surface area contributed by atoms with Gasteiger partial charge in [-0.25, -0.2) is 0 Å². The molecule has 0 saturated heterocycles. The Balaban J connectivity index is 3.44. The molecule has 3 heteroatoms. The van der Waals surface area contributed by atoms with E-state index in [-0.39, 0.29) is 12.0 Å². The molecular weight excluding hydrogens is 286 g/mol. The number of hydrogen-bond donors (Lipinski definition) is 0. The second-order valence-corrected chi connectivity index (χ2v) is 6.91. The van der Waals surface area contributed by atoms with E-state index in [1.54, 1.807) is 0 Å². The molecule has 0 rings (SSSR count). The van der Waals surface area contributed by atoms with E-state index < -0.39 is 0 Å². The average molecular weight is 328 g/mol. The third kappa shape index (κ3) is 13.6. The molecule has 0 aromatic rings. The third-order valence-electron chi connectivity index (χ3n) is 4.51. The van der Waals surface area contributed by atoms with Gasteiger partial charge in [0.25, 0.3) is 0 Å². The topological polar surface area (TPSA) is 29.5 Å². The minimum absolute atomic E-state index is 0.0689. The molecule has 0 aliphatic heterocycles. The lowest BCUT2D eigenvalue weighted by Gasteiger charge is -2.22. The maximum Gasteiger partial charge on any atom is 0.323 e. The Morgan fingerprint density at radius 2 is 1.22 bits per heavy atom. The van der Waals surface area contributed by atoms with Crippen LogP contribution in [-0.2, 0) is 9.53 Å². The zero-order valence-electron chi connectivity index (χ0n) is 16.2. The van der Waals surface area contributed by atoms with Gasteiger partial charge in [-0.05, 0) is 27.4 Å². The Hall–Kier alpha value is -0.570. The summed E-state index contributed by atoms with van der Waals surface area (Å²) in [4.78, 5) is 13.8. The Kier molecular flexibility index (Phi) is 15.9. The molecule has 0 bridgehead atoms. The molecule has 0 heterocycles. The number of nitrogens with zero attached hydrogens (tertiary/aromatic N) is 1. The summed E-state index contributed by atoms with van der Waals surface area (Å²) in [6, 6.07) is -0.0712. The molecule has 0 spiro atoms. The molecule has 0 aromatic carbocycles. The van der Waals surface area contributed by atoms with Crippen molar-refractivity contribution >= 4 is 5.97 Å². The molecule has 0 fully saturated rings. The van der Waals surface area contributed by atoms with Gasteiger partial charge < -0.3 is 4.74 Å². The van der Waals surface area contributed by atoms with E-state index >= 15 is 0 Å². The molecule has 0 amide bonds. The predicted molar refractivity (Wildman–Crippen MR) is 99.8 cm³/mol. The molecule has 0 N–H and O–H groups in total. The normalized spacial score (nSPS) is 12.6. The van der Waals surface area contributed by atoms with Gasteiger partial charge in [-0.15, -0.1) is 0 Å². The number of ether oxygens (including phenoxy) is 1. The molecule has 0 radical (unpaired) electrons. The Bertz CT molecular complexity index is 266. The summed E-state index contributed by atoms with van der Waals surface area (Å²) in [5.74, 6) is -0.0689. The highest BCUT2D eigenvalue weighted by atomic mass is 16.5. The maximum atomic E-state index is 11.9. The summed E-state index contributed by atoms with van der Waals surface area (Å²) < 4.78 is 5.14. The SMILES string of the molecule is CCCCCCCCCCCCCCC(C(=O)OCC)N(C)C. The smallest absolute Gasteiger partial charge is 0.323 e. The third-order valence-corrected chi connectivity index (χ3v) is 4.51. The van der Waals surface area contributed by atoms with Crippen LogP contribution >= 0.6 is 0 Å². The summed E-state index contributed by atoms with van der Waals surface area (Å²) in [5.41, 5.74) is 0. The van der Waals surface area contributed by atoms with Gasteiger partial charge in [-0.3, -0.25) is 9.69 Å². The van der Waals surface area contributed by atoms with E-state index in [0.717, 1.165) is 12.8 Å². The van der Waals surface area contributed by atoms with Crippen molar-refractivity contribution in [2.75, 3.05) is 20.7 Å². The van der Waals surface area contributed by atoms with Crippen LogP contribution in [0.5, 0.6) is 0 Å². The van der Waals surface area contributed by atoms with Gasteiger partial charge in [-0.2, -0.15) is 0 Å². The Morgan fingerprint density at radius 3 is 1.61 bits per heavy atom.